The molecule has 6 aromatic carbocycles. The van der Waals surface area contributed by atoms with Crippen molar-refractivity contribution in [2.45, 2.75) is 6.92 Å². The van der Waals surface area contributed by atoms with Gasteiger partial charge in [-0.3, -0.25) is 4.98 Å². The Kier molecular flexibility index (Phi) is 5.08. The number of nitrogens with zero attached hydrogens (tertiary/aromatic N) is 1. The molecule has 1 heteroatoms. The Morgan fingerprint density at radius 1 is 0.405 bits per heavy atom. The third kappa shape index (κ3) is 3.68. The van der Waals surface area contributed by atoms with Crippen LogP contribution < -0.4 is 0 Å². The molecule has 0 bridgehead atoms. The zero-order valence-electron chi connectivity index (χ0n) is 20.6. The molecule has 0 spiro atoms. The van der Waals surface area contributed by atoms with Gasteiger partial charge in [0.15, 0.2) is 0 Å². The summed E-state index contributed by atoms with van der Waals surface area (Å²) in [7, 11) is 0. The average molecular weight is 472 g/mol. The van der Waals surface area contributed by atoms with Gasteiger partial charge in [-0.25, -0.2) is 0 Å². The van der Waals surface area contributed by atoms with Crippen LogP contribution in [-0.2, 0) is 0 Å². The van der Waals surface area contributed by atoms with Crippen LogP contribution in [0.15, 0.2) is 134 Å². The molecule has 0 N–H and O–H groups in total. The first-order valence-corrected chi connectivity index (χ1v) is 12.7. The highest BCUT2D eigenvalue weighted by molar-refractivity contribution is 6.21. The van der Waals surface area contributed by atoms with Crippen molar-refractivity contribution in [3.05, 3.63) is 139 Å². The summed E-state index contributed by atoms with van der Waals surface area (Å²) >= 11 is 0. The molecule has 1 aromatic heterocycles. The average Bonchev–Trinajstić information content (AvgIpc) is 2.96. The van der Waals surface area contributed by atoms with E-state index in [0.29, 0.717) is 0 Å². The van der Waals surface area contributed by atoms with Crippen LogP contribution in [0.2, 0.25) is 0 Å². The largest absolute Gasteiger partial charge is 0.261 e. The minimum absolute atomic E-state index is 1.03. The number of benzene rings is 6. The predicted molar refractivity (Wildman–Crippen MR) is 158 cm³/mol. The van der Waals surface area contributed by atoms with Crippen LogP contribution in [0.4, 0.5) is 0 Å². The first kappa shape index (κ1) is 21.5. The van der Waals surface area contributed by atoms with Crippen LogP contribution >= 0.6 is 0 Å². The summed E-state index contributed by atoms with van der Waals surface area (Å²) in [6, 6.07) is 46.2. The van der Waals surface area contributed by atoms with Crippen molar-refractivity contribution in [3.8, 4) is 33.4 Å². The molecule has 0 fully saturated rings. The van der Waals surface area contributed by atoms with Crippen LogP contribution in [0.25, 0.3) is 65.7 Å². The van der Waals surface area contributed by atoms with Gasteiger partial charge in [0.25, 0.3) is 0 Å². The molecule has 174 valence electrons. The highest BCUT2D eigenvalue weighted by atomic mass is 14.7. The van der Waals surface area contributed by atoms with Gasteiger partial charge in [-0.2, -0.15) is 0 Å². The van der Waals surface area contributed by atoms with Crippen LogP contribution in [0, 0.1) is 6.92 Å². The van der Waals surface area contributed by atoms with Gasteiger partial charge in [-0.15, -0.1) is 0 Å². The standard InChI is InChI=1S/C36H25N/c1-24-17-18-30(23-37-24)27-11-8-12-28(22-27)35-31-13-4-6-15-33(31)36(34-16-7-5-14-32(34)35)29-20-19-25-9-2-3-10-26(25)21-29/h2-23H,1H3. The topological polar surface area (TPSA) is 12.9 Å². The maximum Gasteiger partial charge on any atom is 0.0373 e. The van der Waals surface area contributed by atoms with Crippen molar-refractivity contribution in [2.75, 3.05) is 0 Å². The third-order valence-electron chi connectivity index (χ3n) is 7.37. The molecule has 0 atom stereocenters. The van der Waals surface area contributed by atoms with Gasteiger partial charge in [0.05, 0.1) is 0 Å². The Morgan fingerprint density at radius 3 is 1.57 bits per heavy atom. The molecule has 0 aliphatic rings. The van der Waals surface area contributed by atoms with Crippen LogP contribution in [0.5, 0.6) is 0 Å². The molecule has 0 radical (unpaired) electrons. The molecule has 0 saturated carbocycles. The molecule has 7 rings (SSSR count). The lowest BCUT2D eigenvalue weighted by molar-refractivity contribution is 1.20. The number of fused-ring (bicyclic) bond motifs is 3. The Bertz CT molecular complexity index is 1870. The number of aromatic nitrogens is 1. The third-order valence-corrected chi connectivity index (χ3v) is 7.37. The molecule has 0 saturated heterocycles. The zero-order chi connectivity index (χ0) is 24.8. The van der Waals surface area contributed by atoms with Gasteiger partial charge in [0.2, 0.25) is 0 Å². The summed E-state index contributed by atoms with van der Waals surface area (Å²) < 4.78 is 0. The van der Waals surface area contributed by atoms with E-state index in [-0.39, 0.29) is 0 Å². The fourth-order valence-corrected chi connectivity index (χ4v) is 5.59. The lowest BCUT2D eigenvalue weighted by Crippen LogP contribution is -1.91. The summed E-state index contributed by atoms with van der Waals surface area (Å²) in [6.45, 7) is 2.02. The molecular formula is C36H25N. The lowest BCUT2D eigenvalue weighted by Gasteiger charge is -2.18. The van der Waals surface area contributed by atoms with E-state index in [1.54, 1.807) is 0 Å². The minimum atomic E-state index is 1.03. The quantitative estimate of drug-likeness (QED) is 0.234. The van der Waals surface area contributed by atoms with Gasteiger partial charge < -0.3 is 0 Å². The van der Waals surface area contributed by atoms with Crippen molar-refractivity contribution in [1.82, 2.24) is 4.98 Å². The second-order valence-corrected chi connectivity index (χ2v) is 9.67. The Balaban J connectivity index is 1.53. The molecule has 1 heterocycles. The van der Waals surface area contributed by atoms with E-state index < -0.39 is 0 Å². The van der Waals surface area contributed by atoms with E-state index in [1.165, 1.54) is 60.1 Å². The van der Waals surface area contributed by atoms with Crippen molar-refractivity contribution in [3.63, 3.8) is 0 Å². The zero-order valence-corrected chi connectivity index (χ0v) is 20.6. The summed E-state index contributed by atoms with van der Waals surface area (Å²) in [5.74, 6) is 0. The monoisotopic (exact) mass is 471 g/mol. The molecule has 1 nitrogen and oxygen atoms in total. The minimum Gasteiger partial charge on any atom is -0.261 e. The Hall–Kier alpha value is -4.75. The van der Waals surface area contributed by atoms with Gasteiger partial charge >= 0.3 is 0 Å². The van der Waals surface area contributed by atoms with Gasteiger partial charge in [0.1, 0.15) is 0 Å². The first-order chi connectivity index (χ1) is 18.3. The summed E-state index contributed by atoms with van der Waals surface area (Å²) in [4.78, 5) is 4.52. The van der Waals surface area contributed by atoms with E-state index in [2.05, 4.69) is 132 Å². The Morgan fingerprint density at radius 2 is 0.946 bits per heavy atom. The SMILES string of the molecule is Cc1ccc(-c2cccc(-c3c4ccccc4c(-c4ccc5ccccc5c4)c4ccccc34)c2)cn1. The molecular weight excluding hydrogens is 446 g/mol. The Labute approximate surface area is 216 Å². The van der Waals surface area contributed by atoms with Gasteiger partial charge in [0, 0.05) is 17.5 Å². The second kappa shape index (κ2) is 8.72. The maximum absolute atomic E-state index is 4.52. The summed E-state index contributed by atoms with van der Waals surface area (Å²) in [5, 5.41) is 7.60. The van der Waals surface area contributed by atoms with Crippen molar-refractivity contribution in [2.24, 2.45) is 0 Å². The van der Waals surface area contributed by atoms with E-state index in [9.17, 15) is 0 Å². The molecule has 0 aliphatic carbocycles. The molecule has 37 heavy (non-hydrogen) atoms. The van der Waals surface area contributed by atoms with E-state index in [1.807, 2.05) is 13.1 Å². The molecule has 7 aromatic rings. The van der Waals surface area contributed by atoms with E-state index in [4.69, 9.17) is 0 Å². The fourth-order valence-electron chi connectivity index (χ4n) is 5.59. The van der Waals surface area contributed by atoms with Gasteiger partial charge in [-0.05, 0) is 85.3 Å². The molecule has 0 amide bonds. The normalized spacial score (nSPS) is 11.4. The van der Waals surface area contributed by atoms with Crippen LogP contribution in [0.1, 0.15) is 5.69 Å². The van der Waals surface area contributed by atoms with Crippen molar-refractivity contribution >= 4 is 32.3 Å². The van der Waals surface area contributed by atoms with E-state index in [0.717, 1.165) is 11.3 Å². The lowest BCUT2D eigenvalue weighted by atomic mass is 9.85. The number of aryl methyl sites for hydroxylation is 1. The van der Waals surface area contributed by atoms with Crippen molar-refractivity contribution < 1.29 is 0 Å². The second-order valence-electron chi connectivity index (χ2n) is 9.67. The highest BCUT2D eigenvalue weighted by Gasteiger charge is 2.17. The van der Waals surface area contributed by atoms with Crippen LogP contribution in [-0.4, -0.2) is 4.98 Å². The number of rotatable bonds is 3. The van der Waals surface area contributed by atoms with E-state index >= 15 is 0 Å². The van der Waals surface area contributed by atoms with Gasteiger partial charge in [-0.1, -0.05) is 109 Å². The summed E-state index contributed by atoms with van der Waals surface area (Å²) in [5.41, 5.74) is 8.37. The smallest absolute Gasteiger partial charge is 0.0373 e. The number of hydrogen-bond acceptors (Lipinski definition) is 1. The maximum atomic E-state index is 4.52. The predicted octanol–water partition coefficient (Wildman–Crippen LogP) is 9.85. The fraction of sp³-hybridized carbons (Fsp3) is 0.0278. The molecule has 0 unspecified atom stereocenters. The summed E-state index contributed by atoms with van der Waals surface area (Å²) in [6.07, 6.45) is 1.97. The molecule has 0 aliphatic heterocycles. The first-order valence-electron chi connectivity index (χ1n) is 12.7. The number of pyridine rings is 1. The van der Waals surface area contributed by atoms with Crippen LogP contribution in [0.3, 0.4) is 0 Å². The van der Waals surface area contributed by atoms with Crippen molar-refractivity contribution in [1.29, 1.82) is 0 Å². The number of hydrogen-bond donors (Lipinski definition) is 0. The highest BCUT2D eigenvalue weighted by Crippen LogP contribution is 2.44.